The first kappa shape index (κ1) is 13.2. The summed E-state index contributed by atoms with van der Waals surface area (Å²) in [4.78, 5) is 0. The van der Waals surface area contributed by atoms with E-state index < -0.39 is 23.2 Å². The van der Waals surface area contributed by atoms with Gasteiger partial charge in [0.1, 0.15) is 11.6 Å². The van der Waals surface area contributed by atoms with Crippen LogP contribution in [-0.4, -0.2) is 0 Å². The van der Waals surface area contributed by atoms with Crippen molar-refractivity contribution in [1.29, 1.82) is 5.26 Å². The Morgan fingerprint density at radius 3 is 2.21 bits per heavy atom. The Balaban J connectivity index is 2.41. The summed E-state index contributed by atoms with van der Waals surface area (Å²) in [6, 6.07) is 6.41. The average molecular weight is 284 g/mol. The lowest BCUT2D eigenvalue weighted by atomic mass is 10.2. The van der Waals surface area contributed by atoms with E-state index in [-0.39, 0.29) is 16.3 Å². The van der Waals surface area contributed by atoms with Gasteiger partial charge in [0.2, 0.25) is 0 Å². The third-order valence-electron chi connectivity index (χ3n) is 2.23. The minimum absolute atomic E-state index is 0.0921. The van der Waals surface area contributed by atoms with Crippen LogP contribution in [0.2, 0.25) is 5.02 Å². The van der Waals surface area contributed by atoms with Crippen LogP contribution in [0.5, 0.6) is 11.5 Å². The van der Waals surface area contributed by atoms with Crippen molar-refractivity contribution < 1.29 is 17.9 Å². The molecule has 0 N–H and O–H groups in total. The zero-order valence-electron chi connectivity index (χ0n) is 9.25. The van der Waals surface area contributed by atoms with Gasteiger partial charge in [0, 0.05) is 0 Å². The maximum atomic E-state index is 13.6. The summed E-state index contributed by atoms with van der Waals surface area (Å²) in [6.45, 7) is 0. The molecule has 0 unspecified atom stereocenters. The zero-order chi connectivity index (χ0) is 14.0. The summed E-state index contributed by atoms with van der Waals surface area (Å²) < 4.78 is 44.9. The molecule has 0 saturated heterocycles. The lowest BCUT2D eigenvalue weighted by Gasteiger charge is -2.09. The van der Waals surface area contributed by atoms with Gasteiger partial charge in [-0.1, -0.05) is 11.6 Å². The van der Waals surface area contributed by atoms with E-state index in [1.54, 1.807) is 6.07 Å². The molecule has 0 heterocycles. The van der Waals surface area contributed by atoms with Crippen LogP contribution < -0.4 is 4.74 Å². The Morgan fingerprint density at radius 2 is 1.68 bits per heavy atom. The molecule has 0 saturated carbocycles. The Kier molecular flexibility index (Phi) is 3.63. The Labute approximate surface area is 111 Å². The Morgan fingerprint density at radius 1 is 1.05 bits per heavy atom. The van der Waals surface area contributed by atoms with Crippen molar-refractivity contribution >= 4 is 11.6 Å². The molecule has 96 valence electrons. The molecule has 0 aliphatic rings. The van der Waals surface area contributed by atoms with Crippen molar-refractivity contribution in [2.75, 3.05) is 0 Å². The highest BCUT2D eigenvalue weighted by Crippen LogP contribution is 2.33. The molecule has 19 heavy (non-hydrogen) atoms. The first-order chi connectivity index (χ1) is 9.01. The topological polar surface area (TPSA) is 33.0 Å². The molecule has 6 heteroatoms. The van der Waals surface area contributed by atoms with E-state index in [1.165, 1.54) is 0 Å². The fraction of sp³-hybridized carbons (Fsp3) is 0. The average Bonchev–Trinajstić information content (AvgIpc) is 2.35. The van der Waals surface area contributed by atoms with E-state index in [1.807, 2.05) is 0 Å². The number of halogens is 4. The highest BCUT2D eigenvalue weighted by molar-refractivity contribution is 6.32. The van der Waals surface area contributed by atoms with Crippen molar-refractivity contribution in [3.63, 3.8) is 0 Å². The first-order valence-corrected chi connectivity index (χ1v) is 5.41. The van der Waals surface area contributed by atoms with Gasteiger partial charge in [-0.2, -0.15) is 5.26 Å². The third-order valence-corrected chi connectivity index (χ3v) is 2.53. The minimum Gasteiger partial charge on any atom is -0.450 e. The number of ether oxygens (including phenoxy) is 1. The molecule has 2 aromatic rings. The van der Waals surface area contributed by atoms with Crippen LogP contribution in [0.4, 0.5) is 13.2 Å². The van der Waals surface area contributed by atoms with Crippen molar-refractivity contribution in [3.05, 3.63) is 58.4 Å². The van der Waals surface area contributed by atoms with Crippen LogP contribution in [0.25, 0.3) is 0 Å². The minimum atomic E-state index is -1.04. The summed E-state index contributed by atoms with van der Waals surface area (Å²) in [5.41, 5.74) is -0.174. The molecule has 0 aliphatic carbocycles. The zero-order valence-corrected chi connectivity index (χ0v) is 10.0. The lowest BCUT2D eigenvalue weighted by Crippen LogP contribution is -1.95. The second kappa shape index (κ2) is 5.21. The molecule has 2 rings (SSSR count). The van der Waals surface area contributed by atoms with Crippen LogP contribution in [0, 0.1) is 28.8 Å². The quantitative estimate of drug-likeness (QED) is 0.817. The summed E-state index contributed by atoms with van der Waals surface area (Å²) in [6.07, 6.45) is 0. The van der Waals surface area contributed by atoms with Crippen molar-refractivity contribution in [1.82, 2.24) is 0 Å². The predicted molar refractivity (Wildman–Crippen MR) is 62.6 cm³/mol. The van der Waals surface area contributed by atoms with E-state index in [2.05, 4.69) is 0 Å². The molecule has 0 radical (unpaired) electrons. The second-order valence-corrected chi connectivity index (χ2v) is 3.96. The van der Waals surface area contributed by atoms with Gasteiger partial charge in [-0.15, -0.1) is 0 Å². The van der Waals surface area contributed by atoms with Crippen molar-refractivity contribution in [2.24, 2.45) is 0 Å². The van der Waals surface area contributed by atoms with E-state index in [9.17, 15) is 13.2 Å². The maximum absolute atomic E-state index is 13.6. The summed E-state index contributed by atoms with van der Waals surface area (Å²) in [7, 11) is 0. The highest BCUT2D eigenvalue weighted by Gasteiger charge is 2.15. The SMILES string of the molecule is N#Cc1cc(F)c(Oc2ccc(F)cc2Cl)c(F)c1. The number of hydrogen-bond acceptors (Lipinski definition) is 2. The number of nitriles is 1. The summed E-state index contributed by atoms with van der Waals surface area (Å²) in [5.74, 6) is -3.48. The normalized spacial score (nSPS) is 10.1. The number of nitrogens with zero attached hydrogens (tertiary/aromatic N) is 1. The second-order valence-electron chi connectivity index (χ2n) is 3.56. The highest BCUT2D eigenvalue weighted by atomic mass is 35.5. The van der Waals surface area contributed by atoms with Gasteiger partial charge in [-0.25, -0.2) is 13.2 Å². The molecule has 0 fully saturated rings. The van der Waals surface area contributed by atoms with Crippen LogP contribution in [-0.2, 0) is 0 Å². The molecular formula is C13H5ClF3NO. The molecular weight excluding hydrogens is 279 g/mol. The van der Waals surface area contributed by atoms with Gasteiger partial charge < -0.3 is 4.74 Å². The lowest BCUT2D eigenvalue weighted by molar-refractivity contribution is 0.406. The smallest absolute Gasteiger partial charge is 0.198 e. The standard InChI is InChI=1S/C13H5ClF3NO/c14-9-5-8(15)1-2-12(9)19-13-10(16)3-7(6-18)4-11(13)17/h1-5H. The fourth-order valence-corrected chi connectivity index (χ4v) is 1.60. The van der Waals surface area contributed by atoms with E-state index in [0.717, 1.165) is 30.3 Å². The molecule has 2 nitrogen and oxygen atoms in total. The third kappa shape index (κ3) is 2.80. The largest absolute Gasteiger partial charge is 0.450 e. The van der Waals surface area contributed by atoms with E-state index >= 15 is 0 Å². The predicted octanol–water partition coefficient (Wildman–Crippen LogP) is 4.42. The maximum Gasteiger partial charge on any atom is 0.198 e. The van der Waals surface area contributed by atoms with E-state index in [0.29, 0.717) is 0 Å². The number of hydrogen-bond donors (Lipinski definition) is 0. The van der Waals surface area contributed by atoms with Gasteiger partial charge in [0.25, 0.3) is 0 Å². The Hall–Kier alpha value is -2.19. The van der Waals surface area contributed by atoms with Crippen LogP contribution >= 0.6 is 11.6 Å². The molecule has 2 aromatic carbocycles. The van der Waals surface area contributed by atoms with Gasteiger partial charge in [0.15, 0.2) is 17.4 Å². The van der Waals surface area contributed by atoms with Crippen LogP contribution in [0.15, 0.2) is 30.3 Å². The Bertz CT molecular complexity index is 659. The molecule has 0 bridgehead atoms. The van der Waals surface area contributed by atoms with Gasteiger partial charge in [0.05, 0.1) is 16.7 Å². The van der Waals surface area contributed by atoms with Crippen molar-refractivity contribution in [2.45, 2.75) is 0 Å². The molecule has 0 atom stereocenters. The first-order valence-electron chi connectivity index (χ1n) is 5.03. The molecule has 0 aliphatic heterocycles. The van der Waals surface area contributed by atoms with Crippen LogP contribution in [0.3, 0.4) is 0 Å². The van der Waals surface area contributed by atoms with Gasteiger partial charge in [-0.05, 0) is 30.3 Å². The summed E-state index contributed by atoms with van der Waals surface area (Å²) >= 11 is 5.68. The van der Waals surface area contributed by atoms with E-state index in [4.69, 9.17) is 21.6 Å². The van der Waals surface area contributed by atoms with Crippen LogP contribution in [0.1, 0.15) is 5.56 Å². The molecule has 0 aromatic heterocycles. The van der Waals surface area contributed by atoms with Crippen molar-refractivity contribution in [3.8, 4) is 17.6 Å². The fourth-order valence-electron chi connectivity index (χ4n) is 1.39. The molecule has 0 spiro atoms. The monoisotopic (exact) mass is 283 g/mol. The van der Waals surface area contributed by atoms with Gasteiger partial charge >= 0.3 is 0 Å². The number of rotatable bonds is 2. The van der Waals surface area contributed by atoms with Gasteiger partial charge in [-0.3, -0.25) is 0 Å². The number of benzene rings is 2. The summed E-state index contributed by atoms with van der Waals surface area (Å²) in [5, 5.41) is 8.43. The molecule has 0 amide bonds.